The van der Waals surface area contributed by atoms with Gasteiger partial charge in [-0.25, -0.2) is 0 Å². The standard InChI is InChI=1S/C14H25N3O2/c1-2-15-13-9-19-8-11(13)14(18)16-12-7-17-5-3-10(12)4-6-17/h10-13,15H,2-9H2,1H3,(H,16,18). The molecule has 5 heteroatoms. The van der Waals surface area contributed by atoms with Crippen LogP contribution in [0.15, 0.2) is 0 Å². The van der Waals surface area contributed by atoms with Gasteiger partial charge in [-0.2, -0.15) is 0 Å². The van der Waals surface area contributed by atoms with Crippen LogP contribution in [0.4, 0.5) is 0 Å². The van der Waals surface area contributed by atoms with Crippen molar-refractivity contribution in [3.8, 4) is 0 Å². The van der Waals surface area contributed by atoms with Gasteiger partial charge in [0.2, 0.25) is 5.91 Å². The van der Waals surface area contributed by atoms with Gasteiger partial charge < -0.3 is 20.3 Å². The number of carbonyl (C=O) groups is 1. The summed E-state index contributed by atoms with van der Waals surface area (Å²) < 4.78 is 5.46. The second-order valence-corrected chi connectivity index (χ2v) is 6.06. The molecular formula is C14H25N3O2. The fourth-order valence-electron chi connectivity index (χ4n) is 3.69. The maximum Gasteiger partial charge on any atom is 0.227 e. The van der Waals surface area contributed by atoms with E-state index in [2.05, 4.69) is 22.5 Å². The minimum Gasteiger partial charge on any atom is -0.379 e. The number of ether oxygens (including phenoxy) is 1. The Morgan fingerprint density at radius 2 is 2.05 bits per heavy atom. The third kappa shape index (κ3) is 2.78. The second kappa shape index (κ2) is 5.77. The molecule has 108 valence electrons. The zero-order valence-corrected chi connectivity index (χ0v) is 11.7. The van der Waals surface area contributed by atoms with Crippen LogP contribution in [-0.2, 0) is 9.53 Å². The van der Waals surface area contributed by atoms with Crippen LogP contribution in [0.5, 0.6) is 0 Å². The van der Waals surface area contributed by atoms with E-state index in [4.69, 9.17) is 4.74 Å². The first-order chi connectivity index (χ1) is 9.28. The predicted molar refractivity (Wildman–Crippen MR) is 72.9 cm³/mol. The van der Waals surface area contributed by atoms with Crippen LogP contribution in [0, 0.1) is 11.8 Å². The van der Waals surface area contributed by atoms with Crippen LogP contribution in [0.25, 0.3) is 0 Å². The van der Waals surface area contributed by atoms with Gasteiger partial charge in [0, 0.05) is 18.6 Å². The smallest absolute Gasteiger partial charge is 0.227 e. The summed E-state index contributed by atoms with van der Waals surface area (Å²) in [7, 11) is 0. The van der Waals surface area contributed by atoms with Crippen LogP contribution in [0.2, 0.25) is 0 Å². The van der Waals surface area contributed by atoms with E-state index in [1.165, 1.54) is 25.9 Å². The zero-order valence-electron chi connectivity index (χ0n) is 11.7. The first-order valence-corrected chi connectivity index (χ1v) is 7.61. The van der Waals surface area contributed by atoms with Crippen molar-refractivity contribution in [2.75, 3.05) is 39.4 Å². The summed E-state index contributed by atoms with van der Waals surface area (Å²) in [5.74, 6) is 0.853. The third-order valence-corrected chi connectivity index (χ3v) is 4.87. The molecule has 0 saturated carbocycles. The fourth-order valence-corrected chi connectivity index (χ4v) is 3.69. The molecule has 4 aliphatic rings. The minimum atomic E-state index is -0.0181. The molecule has 0 aliphatic carbocycles. The first kappa shape index (κ1) is 13.3. The van der Waals surface area contributed by atoms with Crippen molar-refractivity contribution >= 4 is 5.91 Å². The average molecular weight is 267 g/mol. The molecule has 2 bridgehead atoms. The van der Waals surface area contributed by atoms with E-state index in [1.54, 1.807) is 0 Å². The van der Waals surface area contributed by atoms with E-state index >= 15 is 0 Å². The van der Waals surface area contributed by atoms with Crippen molar-refractivity contribution in [1.82, 2.24) is 15.5 Å². The lowest BCUT2D eigenvalue weighted by atomic mass is 9.83. The van der Waals surface area contributed by atoms with Gasteiger partial charge >= 0.3 is 0 Å². The SMILES string of the molecule is CCNC1COCC1C(=O)NC1CN2CCC1CC2. The van der Waals surface area contributed by atoms with Crippen molar-refractivity contribution < 1.29 is 9.53 Å². The van der Waals surface area contributed by atoms with Crippen LogP contribution in [-0.4, -0.2) is 62.3 Å². The summed E-state index contributed by atoms with van der Waals surface area (Å²) in [5, 5.41) is 6.63. The number of fused-ring (bicyclic) bond motifs is 3. The van der Waals surface area contributed by atoms with E-state index in [0.29, 0.717) is 25.2 Å². The van der Waals surface area contributed by atoms with E-state index in [0.717, 1.165) is 13.1 Å². The Morgan fingerprint density at radius 3 is 2.68 bits per heavy atom. The van der Waals surface area contributed by atoms with Crippen molar-refractivity contribution in [3.63, 3.8) is 0 Å². The van der Waals surface area contributed by atoms with Gasteiger partial charge in [-0.05, 0) is 38.4 Å². The number of rotatable bonds is 4. The number of piperidine rings is 3. The third-order valence-electron chi connectivity index (χ3n) is 4.87. The molecule has 0 aromatic carbocycles. The van der Waals surface area contributed by atoms with Gasteiger partial charge in [-0.3, -0.25) is 4.79 Å². The highest BCUT2D eigenvalue weighted by Crippen LogP contribution is 2.28. The Balaban J connectivity index is 1.56. The summed E-state index contributed by atoms with van der Waals surface area (Å²) in [6, 6.07) is 0.545. The largest absolute Gasteiger partial charge is 0.379 e. The molecule has 4 rings (SSSR count). The number of hydrogen-bond donors (Lipinski definition) is 2. The second-order valence-electron chi connectivity index (χ2n) is 6.06. The monoisotopic (exact) mass is 267 g/mol. The van der Waals surface area contributed by atoms with E-state index in [1.807, 2.05) is 0 Å². The zero-order chi connectivity index (χ0) is 13.2. The lowest BCUT2D eigenvalue weighted by molar-refractivity contribution is -0.127. The average Bonchev–Trinajstić information content (AvgIpc) is 2.89. The molecule has 4 heterocycles. The van der Waals surface area contributed by atoms with Crippen LogP contribution in [0.1, 0.15) is 19.8 Å². The van der Waals surface area contributed by atoms with Crippen LogP contribution in [0.3, 0.4) is 0 Å². The molecule has 0 spiro atoms. The van der Waals surface area contributed by atoms with Gasteiger partial charge in [-0.15, -0.1) is 0 Å². The molecular weight excluding hydrogens is 242 g/mol. The summed E-state index contributed by atoms with van der Waals surface area (Å²) in [6.07, 6.45) is 2.48. The van der Waals surface area contributed by atoms with Gasteiger partial charge in [-0.1, -0.05) is 6.92 Å². The molecule has 4 fully saturated rings. The van der Waals surface area contributed by atoms with Crippen molar-refractivity contribution in [2.45, 2.75) is 31.8 Å². The number of carbonyl (C=O) groups excluding carboxylic acids is 1. The van der Waals surface area contributed by atoms with Gasteiger partial charge in [0.25, 0.3) is 0 Å². The van der Waals surface area contributed by atoms with Crippen molar-refractivity contribution in [3.05, 3.63) is 0 Å². The molecule has 1 amide bonds. The number of nitrogens with one attached hydrogen (secondary N) is 2. The summed E-state index contributed by atoms with van der Waals surface area (Å²) in [4.78, 5) is 14.9. The number of hydrogen-bond acceptors (Lipinski definition) is 4. The summed E-state index contributed by atoms with van der Waals surface area (Å²) >= 11 is 0. The lowest BCUT2D eigenvalue weighted by Crippen LogP contribution is -2.59. The highest BCUT2D eigenvalue weighted by Gasteiger charge is 2.38. The summed E-state index contributed by atoms with van der Waals surface area (Å²) in [5.41, 5.74) is 0. The maximum atomic E-state index is 12.4. The Hall–Kier alpha value is -0.650. The fraction of sp³-hybridized carbons (Fsp3) is 0.929. The Morgan fingerprint density at radius 1 is 1.26 bits per heavy atom. The topological polar surface area (TPSA) is 53.6 Å². The molecule has 0 radical (unpaired) electrons. The molecule has 0 aromatic heterocycles. The number of likely N-dealkylation sites (N-methyl/N-ethyl adjacent to an activating group) is 1. The van der Waals surface area contributed by atoms with Gasteiger partial charge in [0.1, 0.15) is 0 Å². The Bertz CT molecular complexity index is 329. The summed E-state index contributed by atoms with van der Waals surface area (Å²) in [6.45, 7) is 7.64. The van der Waals surface area contributed by atoms with Crippen LogP contribution < -0.4 is 10.6 Å². The van der Waals surface area contributed by atoms with E-state index in [-0.39, 0.29) is 17.9 Å². The van der Waals surface area contributed by atoms with Crippen molar-refractivity contribution in [2.24, 2.45) is 11.8 Å². The highest BCUT2D eigenvalue weighted by molar-refractivity contribution is 5.80. The highest BCUT2D eigenvalue weighted by atomic mass is 16.5. The lowest BCUT2D eigenvalue weighted by Gasteiger charge is -2.45. The molecule has 19 heavy (non-hydrogen) atoms. The van der Waals surface area contributed by atoms with Gasteiger partial charge in [0.05, 0.1) is 19.1 Å². The molecule has 2 N–H and O–H groups in total. The maximum absolute atomic E-state index is 12.4. The normalized spacial score (nSPS) is 41.4. The quantitative estimate of drug-likeness (QED) is 0.742. The molecule has 4 saturated heterocycles. The Kier molecular flexibility index (Phi) is 4.05. The molecule has 4 aliphatic heterocycles. The number of nitrogens with zero attached hydrogens (tertiary/aromatic N) is 1. The first-order valence-electron chi connectivity index (χ1n) is 7.61. The van der Waals surface area contributed by atoms with Crippen molar-refractivity contribution in [1.29, 1.82) is 0 Å². The van der Waals surface area contributed by atoms with Crippen LogP contribution >= 0.6 is 0 Å². The van der Waals surface area contributed by atoms with E-state index < -0.39 is 0 Å². The molecule has 3 atom stereocenters. The molecule has 5 nitrogen and oxygen atoms in total. The minimum absolute atomic E-state index is 0.0181. The number of amides is 1. The predicted octanol–water partition coefficient (Wildman–Crippen LogP) is -0.179. The van der Waals surface area contributed by atoms with Gasteiger partial charge in [0.15, 0.2) is 0 Å². The molecule has 3 unspecified atom stereocenters. The van der Waals surface area contributed by atoms with E-state index in [9.17, 15) is 4.79 Å². The Labute approximate surface area is 115 Å². The molecule has 0 aromatic rings.